The fourth-order valence-electron chi connectivity index (χ4n) is 1.19. The van der Waals surface area contributed by atoms with Crippen molar-refractivity contribution in [3.05, 3.63) is 24.2 Å². The fourth-order valence-corrected chi connectivity index (χ4v) is 1.19. The maximum absolute atomic E-state index is 10.7. The van der Waals surface area contributed by atoms with Crippen LogP contribution in [-0.2, 0) is 14.3 Å². The second kappa shape index (κ2) is 4.28. The van der Waals surface area contributed by atoms with Crippen molar-refractivity contribution in [2.45, 2.75) is 20.0 Å². The van der Waals surface area contributed by atoms with Crippen LogP contribution >= 0.6 is 0 Å². The Balaban J connectivity index is 2.82. The quantitative estimate of drug-likeness (QED) is 0.672. The van der Waals surface area contributed by atoms with Gasteiger partial charge in [0.05, 0.1) is 12.4 Å². The number of allylic oxidation sites excluding steroid dienone is 1. The van der Waals surface area contributed by atoms with E-state index in [0.717, 1.165) is 0 Å². The molecule has 0 aromatic rings. The van der Waals surface area contributed by atoms with Gasteiger partial charge in [0.15, 0.2) is 6.10 Å². The number of ether oxygens (including phenoxy) is 2. The highest BCUT2D eigenvalue weighted by atomic mass is 16.6. The lowest BCUT2D eigenvalue weighted by atomic mass is 10.0. The third-order valence-electron chi connectivity index (χ3n) is 1.96. The van der Waals surface area contributed by atoms with Gasteiger partial charge in [0, 0.05) is 12.8 Å². The predicted octanol–water partition coefficient (Wildman–Crippen LogP) is 0.974. The third-order valence-corrected chi connectivity index (χ3v) is 1.96. The van der Waals surface area contributed by atoms with Crippen LogP contribution in [0.25, 0.3) is 0 Å². The largest absolute Gasteiger partial charge is 0.484 e. The summed E-state index contributed by atoms with van der Waals surface area (Å²) in [5.41, 5.74) is 0. The van der Waals surface area contributed by atoms with Gasteiger partial charge < -0.3 is 14.6 Å². The van der Waals surface area contributed by atoms with Crippen LogP contribution in [0.3, 0.4) is 0 Å². The first-order valence-electron chi connectivity index (χ1n) is 4.41. The van der Waals surface area contributed by atoms with Crippen molar-refractivity contribution in [2.24, 2.45) is 5.92 Å². The van der Waals surface area contributed by atoms with Gasteiger partial charge in [-0.3, -0.25) is 4.79 Å². The van der Waals surface area contributed by atoms with E-state index in [1.54, 1.807) is 6.08 Å². The molecule has 0 amide bonds. The molecule has 14 heavy (non-hydrogen) atoms. The van der Waals surface area contributed by atoms with Crippen LogP contribution in [0.4, 0.5) is 0 Å². The maximum Gasteiger partial charge on any atom is 0.307 e. The summed E-state index contributed by atoms with van der Waals surface area (Å²) in [7, 11) is 0. The topological polar surface area (TPSA) is 55.8 Å². The second-order valence-electron chi connectivity index (χ2n) is 3.21. The highest BCUT2D eigenvalue weighted by molar-refractivity contribution is 5.67. The zero-order chi connectivity index (χ0) is 10.7. The maximum atomic E-state index is 10.7. The Morgan fingerprint density at radius 2 is 2.43 bits per heavy atom. The Morgan fingerprint density at radius 1 is 1.79 bits per heavy atom. The normalized spacial score (nSPS) is 26.5. The van der Waals surface area contributed by atoms with E-state index in [9.17, 15) is 4.79 Å². The van der Waals surface area contributed by atoms with E-state index in [-0.39, 0.29) is 12.5 Å². The van der Waals surface area contributed by atoms with Gasteiger partial charge in [-0.25, -0.2) is 0 Å². The standard InChI is InChI=1S/C10H14O4/c1-6-4-9(14-8(3)12)10(5-11)13-7(6)2/h4,6,10-11H,2,5H2,1,3H3. The molecule has 0 aromatic carbocycles. The van der Waals surface area contributed by atoms with Gasteiger partial charge in [0.25, 0.3) is 0 Å². The van der Waals surface area contributed by atoms with Gasteiger partial charge in [-0.2, -0.15) is 0 Å². The van der Waals surface area contributed by atoms with E-state index in [1.807, 2.05) is 6.92 Å². The van der Waals surface area contributed by atoms with E-state index in [1.165, 1.54) is 6.92 Å². The number of aliphatic hydroxyl groups excluding tert-OH is 1. The van der Waals surface area contributed by atoms with Crippen LogP contribution in [0.15, 0.2) is 24.2 Å². The summed E-state index contributed by atoms with van der Waals surface area (Å²) in [6.07, 6.45) is 1.12. The molecule has 78 valence electrons. The number of carbonyl (C=O) groups excluding carboxylic acids is 1. The first-order valence-corrected chi connectivity index (χ1v) is 4.41. The molecule has 0 spiro atoms. The molecule has 0 saturated carbocycles. The number of rotatable bonds is 2. The molecule has 4 nitrogen and oxygen atoms in total. The monoisotopic (exact) mass is 198 g/mol. The van der Waals surface area contributed by atoms with Gasteiger partial charge in [-0.1, -0.05) is 13.5 Å². The molecule has 4 heteroatoms. The first kappa shape index (κ1) is 10.8. The molecule has 0 saturated heterocycles. The van der Waals surface area contributed by atoms with Gasteiger partial charge in [-0.15, -0.1) is 0 Å². The van der Waals surface area contributed by atoms with Crippen LogP contribution in [0, 0.1) is 5.92 Å². The number of carbonyl (C=O) groups is 1. The molecular formula is C10H14O4. The first-order chi connectivity index (χ1) is 6.54. The van der Waals surface area contributed by atoms with Gasteiger partial charge in [0.2, 0.25) is 0 Å². The van der Waals surface area contributed by atoms with Crippen molar-refractivity contribution in [3.8, 4) is 0 Å². The number of aliphatic hydroxyl groups is 1. The summed E-state index contributed by atoms with van der Waals surface area (Å²) in [6.45, 7) is 6.64. The highest BCUT2D eigenvalue weighted by Gasteiger charge is 2.26. The van der Waals surface area contributed by atoms with Crippen molar-refractivity contribution in [1.29, 1.82) is 0 Å². The summed E-state index contributed by atoms with van der Waals surface area (Å²) in [6, 6.07) is 0. The number of hydrogen-bond acceptors (Lipinski definition) is 4. The minimum absolute atomic E-state index is 0.00727. The Bertz CT molecular complexity index is 280. The zero-order valence-corrected chi connectivity index (χ0v) is 8.32. The second-order valence-corrected chi connectivity index (χ2v) is 3.21. The van der Waals surface area contributed by atoms with Crippen LogP contribution < -0.4 is 0 Å². The SMILES string of the molecule is C=C1OC(CO)C(OC(C)=O)=CC1C. The Labute approximate surface area is 82.8 Å². The molecule has 1 N–H and O–H groups in total. The molecule has 0 radical (unpaired) electrons. The molecule has 2 unspecified atom stereocenters. The summed E-state index contributed by atoms with van der Waals surface area (Å²) < 4.78 is 10.2. The summed E-state index contributed by atoms with van der Waals surface area (Å²) in [5, 5.41) is 8.98. The Kier molecular flexibility index (Phi) is 3.30. The van der Waals surface area contributed by atoms with Crippen molar-refractivity contribution < 1.29 is 19.4 Å². The molecule has 1 heterocycles. The fraction of sp³-hybridized carbons (Fsp3) is 0.500. The average Bonchev–Trinajstić information content (AvgIpc) is 2.10. The van der Waals surface area contributed by atoms with E-state index >= 15 is 0 Å². The average molecular weight is 198 g/mol. The van der Waals surface area contributed by atoms with Crippen molar-refractivity contribution in [2.75, 3.05) is 6.61 Å². The third kappa shape index (κ3) is 2.35. The molecule has 0 fully saturated rings. The lowest BCUT2D eigenvalue weighted by Gasteiger charge is -2.27. The lowest BCUT2D eigenvalue weighted by Crippen LogP contribution is -2.28. The predicted molar refractivity (Wildman–Crippen MR) is 50.1 cm³/mol. The summed E-state index contributed by atoms with van der Waals surface area (Å²) >= 11 is 0. The van der Waals surface area contributed by atoms with Crippen molar-refractivity contribution in [3.63, 3.8) is 0 Å². The van der Waals surface area contributed by atoms with E-state index < -0.39 is 12.1 Å². The Hall–Kier alpha value is -1.29. The van der Waals surface area contributed by atoms with Crippen LogP contribution in [0.5, 0.6) is 0 Å². The molecule has 2 atom stereocenters. The van der Waals surface area contributed by atoms with Gasteiger partial charge in [-0.05, 0) is 6.08 Å². The van der Waals surface area contributed by atoms with Crippen LogP contribution in [0.2, 0.25) is 0 Å². The highest BCUT2D eigenvalue weighted by Crippen LogP contribution is 2.26. The van der Waals surface area contributed by atoms with Crippen molar-refractivity contribution >= 4 is 5.97 Å². The summed E-state index contributed by atoms with van der Waals surface area (Å²) in [4.78, 5) is 10.7. The van der Waals surface area contributed by atoms with E-state index in [2.05, 4.69) is 6.58 Å². The Morgan fingerprint density at radius 3 is 2.93 bits per heavy atom. The molecule has 1 aliphatic heterocycles. The number of esters is 1. The van der Waals surface area contributed by atoms with Crippen LogP contribution in [-0.4, -0.2) is 23.8 Å². The molecular weight excluding hydrogens is 184 g/mol. The molecule has 0 bridgehead atoms. The smallest absolute Gasteiger partial charge is 0.307 e. The van der Waals surface area contributed by atoms with Gasteiger partial charge >= 0.3 is 5.97 Å². The summed E-state index contributed by atoms with van der Waals surface area (Å²) in [5.74, 6) is 0.505. The van der Waals surface area contributed by atoms with Crippen LogP contribution in [0.1, 0.15) is 13.8 Å². The van der Waals surface area contributed by atoms with Crippen molar-refractivity contribution in [1.82, 2.24) is 0 Å². The van der Waals surface area contributed by atoms with E-state index in [4.69, 9.17) is 14.6 Å². The lowest BCUT2D eigenvalue weighted by molar-refractivity contribution is -0.139. The number of hydrogen-bond donors (Lipinski definition) is 1. The minimum Gasteiger partial charge on any atom is -0.484 e. The van der Waals surface area contributed by atoms with Gasteiger partial charge in [0.1, 0.15) is 5.76 Å². The molecule has 0 aromatic heterocycles. The minimum atomic E-state index is -0.609. The zero-order valence-electron chi connectivity index (χ0n) is 8.32. The van der Waals surface area contributed by atoms with E-state index in [0.29, 0.717) is 11.5 Å². The molecule has 1 rings (SSSR count). The molecule has 0 aliphatic carbocycles. The molecule has 1 aliphatic rings.